The average molecular weight is 288 g/mol. The number of nitrogens with two attached hydrogens (primary N) is 1. The van der Waals surface area contributed by atoms with Crippen molar-refractivity contribution in [2.45, 2.75) is 23.8 Å². The minimum atomic E-state index is -3.64. The molecule has 0 saturated carbocycles. The summed E-state index contributed by atoms with van der Waals surface area (Å²) in [6, 6.07) is 3.37. The Morgan fingerprint density at radius 2 is 2.26 bits per heavy atom. The van der Waals surface area contributed by atoms with Gasteiger partial charge in [-0.05, 0) is 25.0 Å². The normalized spacial score (nSPS) is 20.7. The molecular formula is C12H17FN2O3S. The highest BCUT2D eigenvalue weighted by atomic mass is 32.2. The molecule has 7 heteroatoms. The maximum Gasteiger partial charge on any atom is 0.243 e. The van der Waals surface area contributed by atoms with Gasteiger partial charge in [0.05, 0.1) is 12.0 Å². The molecule has 0 bridgehead atoms. The molecule has 1 saturated heterocycles. The standard InChI is InChI=1S/C12H17FN2O3S/c1-18-12-7-10(4-5-11(12)13)19(16,17)15-6-2-3-9(15)8-14/h4-5,7,9H,2-3,6,8,14H2,1H3. The molecule has 1 aromatic carbocycles. The Balaban J connectivity index is 2.39. The van der Waals surface area contributed by atoms with Crippen molar-refractivity contribution in [2.24, 2.45) is 5.73 Å². The topological polar surface area (TPSA) is 72.6 Å². The summed E-state index contributed by atoms with van der Waals surface area (Å²) in [6.45, 7) is 0.738. The lowest BCUT2D eigenvalue weighted by molar-refractivity contribution is 0.381. The number of nitrogens with zero attached hydrogens (tertiary/aromatic N) is 1. The van der Waals surface area contributed by atoms with E-state index in [0.717, 1.165) is 18.9 Å². The minimum absolute atomic E-state index is 0.0334. The number of hydrogen-bond donors (Lipinski definition) is 1. The van der Waals surface area contributed by atoms with Crippen molar-refractivity contribution in [1.29, 1.82) is 0 Å². The molecule has 19 heavy (non-hydrogen) atoms. The summed E-state index contributed by atoms with van der Waals surface area (Å²) in [6.07, 6.45) is 1.55. The molecule has 2 N–H and O–H groups in total. The van der Waals surface area contributed by atoms with Gasteiger partial charge in [-0.25, -0.2) is 12.8 Å². The molecule has 1 aliphatic heterocycles. The molecular weight excluding hydrogens is 271 g/mol. The second-order valence-corrected chi connectivity index (χ2v) is 6.33. The van der Waals surface area contributed by atoms with E-state index in [0.29, 0.717) is 6.54 Å². The van der Waals surface area contributed by atoms with Crippen molar-refractivity contribution in [3.05, 3.63) is 24.0 Å². The van der Waals surface area contributed by atoms with Gasteiger partial charge < -0.3 is 10.5 Å². The zero-order chi connectivity index (χ0) is 14.0. The summed E-state index contributed by atoms with van der Waals surface area (Å²) in [7, 11) is -2.34. The third-order valence-corrected chi connectivity index (χ3v) is 5.27. The second-order valence-electron chi connectivity index (χ2n) is 4.44. The van der Waals surface area contributed by atoms with Crippen LogP contribution in [-0.2, 0) is 10.0 Å². The quantitative estimate of drug-likeness (QED) is 0.895. The lowest BCUT2D eigenvalue weighted by atomic mass is 10.2. The zero-order valence-electron chi connectivity index (χ0n) is 10.7. The molecule has 1 heterocycles. The van der Waals surface area contributed by atoms with Gasteiger partial charge in [0, 0.05) is 25.2 Å². The number of halogens is 1. The first-order valence-electron chi connectivity index (χ1n) is 6.06. The van der Waals surface area contributed by atoms with Crippen LogP contribution in [0, 0.1) is 5.82 Å². The van der Waals surface area contributed by atoms with E-state index in [1.54, 1.807) is 0 Å². The molecule has 0 aliphatic carbocycles. The smallest absolute Gasteiger partial charge is 0.243 e. The third kappa shape index (κ3) is 2.58. The molecule has 1 aromatic rings. The first-order chi connectivity index (χ1) is 9.00. The number of ether oxygens (including phenoxy) is 1. The molecule has 0 radical (unpaired) electrons. The van der Waals surface area contributed by atoms with E-state index in [1.165, 1.54) is 23.5 Å². The SMILES string of the molecule is COc1cc(S(=O)(=O)N2CCCC2CN)ccc1F. The number of methoxy groups -OCH3 is 1. The summed E-state index contributed by atoms with van der Waals surface area (Å²) in [4.78, 5) is 0.0334. The summed E-state index contributed by atoms with van der Waals surface area (Å²) in [5.74, 6) is -0.664. The van der Waals surface area contributed by atoms with Crippen LogP contribution in [0.15, 0.2) is 23.1 Å². The predicted octanol–water partition coefficient (Wildman–Crippen LogP) is 0.946. The fraction of sp³-hybridized carbons (Fsp3) is 0.500. The Hall–Kier alpha value is -1.18. The molecule has 0 spiro atoms. The largest absolute Gasteiger partial charge is 0.494 e. The fourth-order valence-electron chi connectivity index (χ4n) is 2.30. The molecule has 1 fully saturated rings. The van der Waals surface area contributed by atoms with Crippen LogP contribution in [0.2, 0.25) is 0 Å². The van der Waals surface area contributed by atoms with Crippen LogP contribution >= 0.6 is 0 Å². The Labute approximate surface area is 112 Å². The van der Waals surface area contributed by atoms with Gasteiger partial charge in [0.25, 0.3) is 0 Å². The summed E-state index contributed by atoms with van der Waals surface area (Å²) in [5.41, 5.74) is 5.59. The van der Waals surface area contributed by atoms with Gasteiger partial charge in [-0.15, -0.1) is 0 Å². The molecule has 1 atom stereocenters. The van der Waals surface area contributed by atoms with Gasteiger partial charge in [0.1, 0.15) is 0 Å². The van der Waals surface area contributed by atoms with Gasteiger partial charge >= 0.3 is 0 Å². The first kappa shape index (κ1) is 14.2. The van der Waals surface area contributed by atoms with Gasteiger partial charge in [-0.3, -0.25) is 0 Å². The van der Waals surface area contributed by atoms with Crippen LogP contribution in [0.3, 0.4) is 0 Å². The Kier molecular flexibility index (Phi) is 4.07. The van der Waals surface area contributed by atoms with Crippen molar-refractivity contribution in [2.75, 3.05) is 20.2 Å². The maximum atomic E-state index is 13.3. The van der Waals surface area contributed by atoms with Crippen molar-refractivity contribution >= 4 is 10.0 Å². The maximum absolute atomic E-state index is 13.3. The molecule has 1 unspecified atom stereocenters. The monoisotopic (exact) mass is 288 g/mol. The highest BCUT2D eigenvalue weighted by Gasteiger charge is 2.34. The number of hydrogen-bond acceptors (Lipinski definition) is 4. The van der Waals surface area contributed by atoms with Crippen molar-refractivity contribution in [3.63, 3.8) is 0 Å². The predicted molar refractivity (Wildman–Crippen MR) is 68.9 cm³/mol. The molecule has 0 aromatic heterocycles. The molecule has 106 valence electrons. The summed E-state index contributed by atoms with van der Waals surface area (Å²) >= 11 is 0. The summed E-state index contributed by atoms with van der Waals surface area (Å²) < 4.78 is 44.5. The Morgan fingerprint density at radius 3 is 2.89 bits per heavy atom. The van der Waals surface area contributed by atoms with Gasteiger partial charge in [0.15, 0.2) is 11.6 Å². The average Bonchev–Trinajstić information content (AvgIpc) is 2.88. The van der Waals surface area contributed by atoms with E-state index < -0.39 is 15.8 Å². The van der Waals surface area contributed by atoms with E-state index >= 15 is 0 Å². The lowest BCUT2D eigenvalue weighted by Gasteiger charge is -2.23. The number of benzene rings is 1. The molecule has 0 amide bonds. The van der Waals surface area contributed by atoms with Gasteiger partial charge in [-0.2, -0.15) is 4.31 Å². The number of rotatable bonds is 4. The van der Waals surface area contributed by atoms with E-state index in [9.17, 15) is 12.8 Å². The van der Waals surface area contributed by atoms with E-state index in [1.807, 2.05) is 0 Å². The Bertz CT molecular complexity index is 562. The van der Waals surface area contributed by atoms with Crippen LogP contribution in [0.5, 0.6) is 5.75 Å². The van der Waals surface area contributed by atoms with E-state index in [2.05, 4.69) is 0 Å². The number of sulfonamides is 1. The van der Waals surface area contributed by atoms with Crippen LogP contribution in [0.1, 0.15) is 12.8 Å². The van der Waals surface area contributed by atoms with Crippen LogP contribution in [-0.4, -0.2) is 39.0 Å². The van der Waals surface area contributed by atoms with Crippen molar-refractivity contribution < 1.29 is 17.5 Å². The van der Waals surface area contributed by atoms with Crippen molar-refractivity contribution in [3.8, 4) is 5.75 Å². The molecule has 2 rings (SSSR count). The second kappa shape index (κ2) is 5.44. The van der Waals surface area contributed by atoms with E-state index in [4.69, 9.17) is 10.5 Å². The minimum Gasteiger partial charge on any atom is -0.494 e. The van der Waals surface area contributed by atoms with Gasteiger partial charge in [0.2, 0.25) is 10.0 Å². The van der Waals surface area contributed by atoms with Crippen molar-refractivity contribution in [1.82, 2.24) is 4.31 Å². The third-order valence-electron chi connectivity index (χ3n) is 3.32. The zero-order valence-corrected chi connectivity index (χ0v) is 11.5. The van der Waals surface area contributed by atoms with Crippen LogP contribution in [0.4, 0.5) is 4.39 Å². The van der Waals surface area contributed by atoms with Crippen LogP contribution < -0.4 is 10.5 Å². The molecule has 1 aliphatic rings. The highest BCUT2D eigenvalue weighted by Crippen LogP contribution is 2.28. The molecule has 5 nitrogen and oxygen atoms in total. The van der Waals surface area contributed by atoms with Gasteiger partial charge in [-0.1, -0.05) is 0 Å². The first-order valence-corrected chi connectivity index (χ1v) is 7.50. The summed E-state index contributed by atoms with van der Waals surface area (Å²) in [5, 5.41) is 0. The Morgan fingerprint density at radius 1 is 1.53 bits per heavy atom. The lowest BCUT2D eigenvalue weighted by Crippen LogP contribution is -2.39. The van der Waals surface area contributed by atoms with E-state index in [-0.39, 0.29) is 23.2 Å². The fourth-order valence-corrected chi connectivity index (χ4v) is 4.02. The van der Waals surface area contributed by atoms with Crippen LogP contribution in [0.25, 0.3) is 0 Å². The highest BCUT2D eigenvalue weighted by molar-refractivity contribution is 7.89.